The van der Waals surface area contributed by atoms with Gasteiger partial charge in [0.05, 0.1) is 7.11 Å². The molecule has 0 aliphatic rings. The molecular formula is C13H21NO2S. The zero-order chi connectivity index (χ0) is 12.7. The minimum absolute atomic E-state index is 0.0259. The van der Waals surface area contributed by atoms with Gasteiger partial charge in [0.15, 0.2) is 0 Å². The average Bonchev–Trinajstić information content (AvgIpc) is 2.38. The minimum Gasteiger partial charge on any atom is -0.496 e. The van der Waals surface area contributed by atoms with Crippen molar-refractivity contribution < 1.29 is 9.84 Å². The van der Waals surface area contributed by atoms with Crippen LogP contribution in [0.3, 0.4) is 0 Å². The van der Waals surface area contributed by atoms with E-state index in [-0.39, 0.29) is 12.6 Å². The predicted molar refractivity (Wildman–Crippen MR) is 73.5 cm³/mol. The zero-order valence-electron chi connectivity index (χ0n) is 10.4. The third kappa shape index (κ3) is 4.58. The fourth-order valence-electron chi connectivity index (χ4n) is 1.51. The molecular weight excluding hydrogens is 234 g/mol. The van der Waals surface area contributed by atoms with Crippen molar-refractivity contribution in [2.75, 3.05) is 25.2 Å². The average molecular weight is 255 g/mol. The number of para-hydroxylation sites is 1. The predicted octanol–water partition coefficient (Wildman–Crippen LogP) is 2.06. The van der Waals surface area contributed by atoms with E-state index in [1.807, 2.05) is 31.2 Å². The number of benzene rings is 1. The molecule has 96 valence electrons. The lowest BCUT2D eigenvalue weighted by atomic mass is 10.1. The summed E-state index contributed by atoms with van der Waals surface area (Å²) >= 11 is 1.77. The second-order valence-corrected chi connectivity index (χ2v) is 5.25. The van der Waals surface area contributed by atoms with Crippen LogP contribution in [0.2, 0.25) is 0 Å². The second kappa shape index (κ2) is 7.58. The van der Waals surface area contributed by atoms with Gasteiger partial charge in [-0.2, -0.15) is 11.8 Å². The summed E-state index contributed by atoms with van der Waals surface area (Å²) in [5, 5.41) is 8.93. The summed E-state index contributed by atoms with van der Waals surface area (Å²) in [5.74, 6) is 2.94. The molecule has 0 radical (unpaired) electrons. The van der Waals surface area contributed by atoms with Crippen LogP contribution in [-0.4, -0.2) is 30.3 Å². The number of rotatable bonds is 7. The smallest absolute Gasteiger partial charge is 0.123 e. The molecule has 0 heterocycles. The third-order valence-corrected chi connectivity index (χ3v) is 3.95. The van der Waals surface area contributed by atoms with E-state index in [0.717, 1.165) is 22.8 Å². The topological polar surface area (TPSA) is 55.5 Å². The number of hydrogen-bond acceptors (Lipinski definition) is 4. The van der Waals surface area contributed by atoms with Gasteiger partial charge in [-0.05, 0) is 17.7 Å². The highest BCUT2D eigenvalue weighted by Gasteiger charge is 2.11. The van der Waals surface area contributed by atoms with Gasteiger partial charge in [-0.1, -0.05) is 25.1 Å². The Morgan fingerprint density at radius 3 is 2.71 bits per heavy atom. The van der Waals surface area contributed by atoms with E-state index in [2.05, 4.69) is 0 Å². The van der Waals surface area contributed by atoms with Gasteiger partial charge < -0.3 is 15.6 Å². The lowest BCUT2D eigenvalue weighted by Crippen LogP contribution is -2.15. The molecule has 1 aromatic carbocycles. The summed E-state index contributed by atoms with van der Waals surface area (Å²) in [6.07, 6.45) is 0. The highest BCUT2D eigenvalue weighted by molar-refractivity contribution is 7.99. The van der Waals surface area contributed by atoms with Crippen molar-refractivity contribution >= 4 is 11.8 Å². The first kappa shape index (κ1) is 14.4. The van der Waals surface area contributed by atoms with Crippen LogP contribution >= 0.6 is 11.8 Å². The van der Waals surface area contributed by atoms with Gasteiger partial charge in [0.25, 0.3) is 0 Å². The number of thioether (sulfide) groups is 1. The SMILES string of the molecule is COc1ccccc1C(N)CSCC(C)CO. The standard InChI is InChI=1S/C13H21NO2S/c1-10(7-15)8-17-9-12(14)11-5-3-4-6-13(11)16-2/h3-6,10,12,15H,7-9,14H2,1-2H3. The maximum Gasteiger partial charge on any atom is 0.123 e. The molecule has 0 aromatic heterocycles. The van der Waals surface area contributed by atoms with Crippen LogP contribution in [-0.2, 0) is 0 Å². The Kier molecular flexibility index (Phi) is 6.40. The van der Waals surface area contributed by atoms with Crippen LogP contribution in [0.25, 0.3) is 0 Å². The van der Waals surface area contributed by atoms with Crippen LogP contribution in [0.5, 0.6) is 5.75 Å². The highest BCUT2D eigenvalue weighted by atomic mass is 32.2. The van der Waals surface area contributed by atoms with Gasteiger partial charge >= 0.3 is 0 Å². The number of hydrogen-bond donors (Lipinski definition) is 2. The van der Waals surface area contributed by atoms with Crippen LogP contribution in [0.15, 0.2) is 24.3 Å². The van der Waals surface area contributed by atoms with Crippen molar-refractivity contribution in [3.8, 4) is 5.75 Å². The van der Waals surface area contributed by atoms with E-state index in [1.165, 1.54) is 0 Å². The summed E-state index contributed by atoms with van der Waals surface area (Å²) in [4.78, 5) is 0. The van der Waals surface area contributed by atoms with E-state index in [0.29, 0.717) is 5.92 Å². The van der Waals surface area contributed by atoms with Gasteiger partial charge in [0.1, 0.15) is 5.75 Å². The summed E-state index contributed by atoms with van der Waals surface area (Å²) in [6, 6.07) is 7.81. The van der Waals surface area contributed by atoms with Gasteiger partial charge in [-0.25, -0.2) is 0 Å². The Balaban J connectivity index is 2.49. The minimum atomic E-state index is -0.0259. The molecule has 1 aromatic rings. The first-order chi connectivity index (χ1) is 8.19. The van der Waals surface area contributed by atoms with Crippen LogP contribution in [0.1, 0.15) is 18.5 Å². The second-order valence-electron chi connectivity index (χ2n) is 4.17. The van der Waals surface area contributed by atoms with E-state index in [4.69, 9.17) is 15.6 Å². The fraction of sp³-hybridized carbons (Fsp3) is 0.538. The Morgan fingerprint density at radius 2 is 2.06 bits per heavy atom. The van der Waals surface area contributed by atoms with Crippen molar-refractivity contribution in [3.63, 3.8) is 0 Å². The molecule has 3 N–H and O–H groups in total. The van der Waals surface area contributed by atoms with Crippen molar-refractivity contribution in [1.29, 1.82) is 0 Å². The number of aliphatic hydroxyl groups excluding tert-OH is 1. The van der Waals surface area contributed by atoms with Crippen LogP contribution < -0.4 is 10.5 Å². The van der Waals surface area contributed by atoms with E-state index >= 15 is 0 Å². The zero-order valence-corrected chi connectivity index (χ0v) is 11.2. The normalized spacial score (nSPS) is 14.4. The number of ether oxygens (including phenoxy) is 1. The first-order valence-electron chi connectivity index (χ1n) is 5.76. The van der Waals surface area contributed by atoms with Crippen LogP contribution in [0, 0.1) is 5.92 Å². The van der Waals surface area contributed by atoms with Crippen LogP contribution in [0.4, 0.5) is 0 Å². The molecule has 0 aliphatic heterocycles. The molecule has 0 amide bonds. The van der Waals surface area contributed by atoms with Crippen molar-refractivity contribution in [2.24, 2.45) is 11.7 Å². The molecule has 1 rings (SSSR count). The maximum atomic E-state index is 8.93. The summed E-state index contributed by atoms with van der Waals surface area (Å²) in [5.41, 5.74) is 7.18. The quantitative estimate of drug-likeness (QED) is 0.783. The Morgan fingerprint density at radius 1 is 1.35 bits per heavy atom. The van der Waals surface area contributed by atoms with Crippen molar-refractivity contribution in [2.45, 2.75) is 13.0 Å². The number of methoxy groups -OCH3 is 1. The monoisotopic (exact) mass is 255 g/mol. The van der Waals surface area contributed by atoms with Crippen molar-refractivity contribution in [3.05, 3.63) is 29.8 Å². The number of aliphatic hydroxyl groups is 1. The first-order valence-corrected chi connectivity index (χ1v) is 6.91. The van der Waals surface area contributed by atoms with E-state index < -0.39 is 0 Å². The summed E-state index contributed by atoms with van der Waals surface area (Å²) in [7, 11) is 1.66. The molecule has 0 fully saturated rings. The highest BCUT2D eigenvalue weighted by Crippen LogP contribution is 2.26. The molecule has 0 saturated heterocycles. The van der Waals surface area contributed by atoms with E-state index in [1.54, 1.807) is 18.9 Å². The van der Waals surface area contributed by atoms with E-state index in [9.17, 15) is 0 Å². The molecule has 4 heteroatoms. The molecule has 0 bridgehead atoms. The third-order valence-electron chi connectivity index (χ3n) is 2.55. The Labute approximate surface area is 107 Å². The maximum absolute atomic E-state index is 8.93. The molecule has 0 aliphatic carbocycles. The molecule has 0 spiro atoms. The fourth-order valence-corrected chi connectivity index (χ4v) is 2.59. The van der Waals surface area contributed by atoms with Gasteiger partial charge in [-0.3, -0.25) is 0 Å². The molecule has 2 unspecified atom stereocenters. The molecule has 3 nitrogen and oxygen atoms in total. The molecule has 2 atom stereocenters. The molecule has 0 saturated carbocycles. The Hall–Kier alpha value is -0.710. The van der Waals surface area contributed by atoms with Gasteiger partial charge in [-0.15, -0.1) is 0 Å². The van der Waals surface area contributed by atoms with Gasteiger partial charge in [0.2, 0.25) is 0 Å². The van der Waals surface area contributed by atoms with Crippen molar-refractivity contribution in [1.82, 2.24) is 0 Å². The summed E-state index contributed by atoms with van der Waals surface area (Å²) in [6.45, 7) is 2.26. The number of nitrogens with two attached hydrogens (primary N) is 1. The summed E-state index contributed by atoms with van der Waals surface area (Å²) < 4.78 is 5.29. The molecule has 17 heavy (non-hydrogen) atoms. The largest absolute Gasteiger partial charge is 0.496 e. The van der Waals surface area contributed by atoms with Gasteiger partial charge in [0, 0.05) is 24.0 Å². The lowest BCUT2D eigenvalue weighted by molar-refractivity contribution is 0.250. The lowest BCUT2D eigenvalue weighted by Gasteiger charge is -2.16. The Bertz CT molecular complexity index is 333.